The van der Waals surface area contributed by atoms with Crippen LogP contribution in [-0.4, -0.2) is 147 Å². The van der Waals surface area contributed by atoms with Crippen LogP contribution in [0.25, 0.3) is 0 Å². The van der Waals surface area contributed by atoms with Gasteiger partial charge in [0.05, 0.1) is 7.11 Å². The van der Waals surface area contributed by atoms with Crippen LogP contribution < -0.4 is 0 Å². The van der Waals surface area contributed by atoms with Gasteiger partial charge in [-0.3, -0.25) is 91.1 Å². The summed E-state index contributed by atoms with van der Waals surface area (Å²) in [5.74, 6) is -11.0. The van der Waals surface area contributed by atoms with Gasteiger partial charge in [0.1, 0.15) is 5.78 Å². The van der Waals surface area contributed by atoms with E-state index in [1.165, 1.54) is 62.5 Å². The molecule has 0 aliphatic heterocycles. The Balaban J connectivity index is -0.0000000829. The number of esters is 15. The first-order valence-corrected chi connectivity index (χ1v) is 37.8. The van der Waals surface area contributed by atoms with Crippen LogP contribution in [0.4, 0.5) is 0 Å². The SMILES string of the molecule is C.C.C.C.C.C.C.C.CC(=O)OC(=O)CCCCCCCCC(=O)OC(C)=O.CC(=O)OC(C)=O.CC(=O)OC(C)=O.CCC(CC(=O)O)C(CC)CC(=O)O.CCC(CC(=O)OC(C)=O)C(CC)CC(=O)OC(C)=O.CCC(CC(C)=O)C(CC)CC(=O)OC(=O)CCCCCCCCC(=O)OC.O=C(O)CCCCCCCCC(=O)O. The molecule has 6 atom stereocenters. The third-order valence-corrected chi connectivity index (χ3v) is 16.0. The van der Waals surface area contributed by atoms with Gasteiger partial charge in [-0.1, -0.05) is 217 Å². The van der Waals surface area contributed by atoms with Crippen molar-refractivity contribution in [3.05, 3.63) is 0 Å². The Labute approximate surface area is 707 Å². The second kappa shape index (κ2) is 96.8. The summed E-state index contributed by atoms with van der Waals surface area (Å²) in [6, 6.07) is 0. The molecule has 0 aromatic heterocycles. The predicted molar refractivity (Wildman–Crippen MR) is 451 cm³/mol. The fourth-order valence-corrected chi connectivity index (χ4v) is 10.6. The number of carboxylic acid groups (broad SMARTS) is 4. The first-order valence-electron chi connectivity index (χ1n) is 37.8. The van der Waals surface area contributed by atoms with Crippen LogP contribution in [0.15, 0.2) is 0 Å². The Hall–Kier alpha value is -9.00. The highest BCUT2D eigenvalue weighted by atomic mass is 16.6. The molecule has 0 aromatic carbocycles. The lowest BCUT2D eigenvalue weighted by Gasteiger charge is -2.23. The van der Waals surface area contributed by atoms with Gasteiger partial charge in [0.25, 0.3) is 0 Å². The molecule has 0 aliphatic carbocycles. The van der Waals surface area contributed by atoms with E-state index >= 15 is 0 Å². The van der Waals surface area contributed by atoms with E-state index in [0.29, 0.717) is 44.9 Å². The van der Waals surface area contributed by atoms with E-state index in [-0.39, 0.29) is 171 Å². The molecule has 698 valence electrons. The zero-order valence-corrected chi connectivity index (χ0v) is 68.1. The predicted octanol–water partition coefficient (Wildman–Crippen LogP) is 18.6. The van der Waals surface area contributed by atoms with Crippen molar-refractivity contribution in [2.45, 2.75) is 394 Å². The molecule has 0 heterocycles. The Kier molecular flexibility index (Phi) is 118. The Morgan fingerprint density at radius 3 is 0.551 bits per heavy atom. The molecule has 32 heteroatoms. The van der Waals surface area contributed by atoms with Crippen molar-refractivity contribution in [2.24, 2.45) is 35.5 Å². The smallest absolute Gasteiger partial charge is 0.313 e. The molecule has 4 N–H and O–H groups in total. The van der Waals surface area contributed by atoms with Crippen molar-refractivity contribution < 1.29 is 154 Å². The van der Waals surface area contributed by atoms with E-state index in [1.54, 1.807) is 6.92 Å². The third-order valence-electron chi connectivity index (χ3n) is 16.0. The van der Waals surface area contributed by atoms with Crippen LogP contribution in [0, 0.1) is 35.5 Å². The number of rotatable bonds is 48. The van der Waals surface area contributed by atoms with Gasteiger partial charge < -0.3 is 63.1 Å². The topological polar surface area (TPSA) is 496 Å². The van der Waals surface area contributed by atoms with Crippen LogP contribution >= 0.6 is 0 Å². The lowest BCUT2D eigenvalue weighted by molar-refractivity contribution is -0.162. The molecular weight excluding hydrogens is 1540 g/mol. The molecule has 0 spiro atoms. The quantitative estimate of drug-likeness (QED) is 0.0190. The average Bonchev–Trinajstić information content (AvgIpc) is 0.909. The second-order valence-electron chi connectivity index (χ2n) is 25.8. The van der Waals surface area contributed by atoms with Crippen molar-refractivity contribution in [1.29, 1.82) is 0 Å². The highest BCUT2D eigenvalue weighted by molar-refractivity contribution is 5.87. The number of hydrogen-bond acceptors (Lipinski definition) is 28. The van der Waals surface area contributed by atoms with E-state index in [2.05, 4.69) is 33.2 Å². The molecule has 0 bridgehead atoms. The minimum Gasteiger partial charge on any atom is -0.481 e. The normalized spacial score (nSPS) is 10.8. The Morgan fingerprint density at radius 1 is 0.203 bits per heavy atom. The maximum atomic E-state index is 12.1. The van der Waals surface area contributed by atoms with Gasteiger partial charge in [-0.15, -0.1) is 0 Å². The maximum absolute atomic E-state index is 12.1. The molecule has 0 aliphatic rings. The van der Waals surface area contributed by atoms with Crippen LogP contribution in [0.1, 0.15) is 394 Å². The highest BCUT2D eigenvalue weighted by Crippen LogP contribution is 2.29. The second-order valence-corrected chi connectivity index (χ2v) is 25.8. The van der Waals surface area contributed by atoms with Gasteiger partial charge in [-0.05, 0) is 81.0 Å². The lowest BCUT2D eigenvalue weighted by Crippen LogP contribution is -2.23. The summed E-state index contributed by atoms with van der Waals surface area (Å²) in [5.41, 5.74) is 0. The summed E-state index contributed by atoms with van der Waals surface area (Å²) in [7, 11) is 1.39. The summed E-state index contributed by atoms with van der Waals surface area (Å²) in [4.78, 5) is 214. The van der Waals surface area contributed by atoms with Crippen LogP contribution in [-0.2, 0) is 134 Å². The summed E-state index contributed by atoms with van der Waals surface area (Å²) in [5, 5.41) is 34.0. The van der Waals surface area contributed by atoms with Crippen molar-refractivity contribution in [2.75, 3.05) is 7.11 Å². The Morgan fingerprint density at radius 2 is 0.373 bits per heavy atom. The molecule has 0 fully saturated rings. The van der Waals surface area contributed by atoms with E-state index < -0.39 is 107 Å². The van der Waals surface area contributed by atoms with E-state index in [9.17, 15) is 95.9 Å². The van der Waals surface area contributed by atoms with Crippen molar-refractivity contribution in [3.8, 4) is 0 Å². The molecule has 0 amide bonds. The minimum atomic E-state index is -0.847. The molecule has 32 nitrogen and oxygen atoms in total. The zero-order valence-electron chi connectivity index (χ0n) is 68.1. The molecule has 0 aromatic rings. The number of ether oxygens (including phenoxy) is 8. The molecule has 0 saturated carbocycles. The van der Waals surface area contributed by atoms with E-state index in [4.69, 9.17) is 25.2 Å². The largest absolute Gasteiger partial charge is 0.481 e. The number of aliphatic carboxylic acids is 4. The van der Waals surface area contributed by atoms with E-state index in [0.717, 1.165) is 122 Å². The number of unbranched alkanes of at least 4 members (excludes halogenated alkanes) is 15. The van der Waals surface area contributed by atoms with Crippen LogP contribution in [0.5, 0.6) is 0 Å². The number of carbonyl (C=O) groups is 20. The monoisotopic (exact) mass is 1710 g/mol. The molecule has 6 unspecified atom stereocenters. The third kappa shape index (κ3) is 116. The first kappa shape index (κ1) is 144. The molecule has 0 radical (unpaired) electrons. The standard InChI is InChI=1S/C22H38O6.2C14H22O6.2C10H18O4.2C4H6O3.8CH4/c1-5-18(15-17(3)23)19(6-2)16-22(26)28-21(25)14-12-10-8-7-9-11-13-20(24)27-4;1-5-11(7-13(17)19-9(3)15)12(6-2)8-14(18)20-10(4)16;1-11(15)19-13(17)9-7-5-3-4-6-8-10-14(18)20-12(2)16;1-3-7(5-9(11)12)8(4-2)6-10(13)14;11-9(12)7-5-3-1-2-4-6-8-10(13)14;2*1-3(5)7-4(2)6;;;;;;;;/h18-19H,5-16H2,1-4H3;11-12H,5-8H2,1-4H3;3-10H2,1-2H3;7-8H,3-6H2,1-2H3,(H,11,12)(H,13,14);1-8H2,(H,11,12)(H,13,14);2*1-2H3;8*1H4. The van der Waals surface area contributed by atoms with Crippen LogP contribution in [0.2, 0.25) is 0 Å². The van der Waals surface area contributed by atoms with Crippen molar-refractivity contribution in [1.82, 2.24) is 0 Å². The van der Waals surface area contributed by atoms with Crippen molar-refractivity contribution >= 4 is 119 Å². The van der Waals surface area contributed by atoms with Gasteiger partial charge in [0.2, 0.25) is 0 Å². The number of hydrogen-bond donors (Lipinski definition) is 4. The molecular formula is C86H162O32. The fraction of sp³-hybridized carbons (Fsp3) is 0.767. The number of methoxy groups -OCH3 is 1. The molecule has 0 saturated heterocycles. The lowest BCUT2D eigenvalue weighted by atomic mass is 9.82. The van der Waals surface area contributed by atoms with Gasteiger partial charge in [0.15, 0.2) is 0 Å². The summed E-state index contributed by atoms with van der Waals surface area (Å²) in [6.45, 7) is 22.6. The maximum Gasteiger partial charge on any atom is 0.313 e. The Bertz CT molecular complexity index is 2590. The average molecular weight is 1710 g/mol. The van der Waals surface area contributed by atoms with Gasteiger partial charge in [-0.2, -0.15) is 0 Å². The minimum absolute atomic E-state index is 0. The number of carbonyl (C=O) groups excluding carboxylic acids is 16. The summed E-state index contributed by atoms with van der Waals surface area (Å²) in [6.07, 6.45) is 22.8. The number of ketones is 1. The highest BCUT2D eigenvalue weighted by Gasteiger charge is 2.28. The summed E-state index contributed by atoms with van der Waals surface area (Å²) < 4.78 is 35.3. The van der Waals surface area contributed by atoms with Gasteiger partial charge in [-0.25, -0.2) is 0 Å². The van der Waals surface area contributed by atoms with Gasteiger partial charge >= 0.3 is 113 Å². The zero-order chi connectivity index (χ0) is 86.1. The number of Topliss-reactive ketones (excluding diaryl/α,β-unsaturated/α-hetero) is 1. The summed E-state index contributed by atoms with van der Waals surface area (Å²) >= 11 is 0. The molecule has 0 rings (SSSR count). The number of carboxylic acids is 4. The fourth-order valence-electron chi connectivity index (χ4n) is 10.6. The van der Waals surface area contributed by atoms with Crippen molar-refractivity contribution in [3.63, 3.8) is 0 Å². The van der Waals surface area contributed by atoms with Crippen LogP contribution in [0.3, 0.4) is 0 Å². The van der Waals surface area contributed by atoms with E-state index in [1.807, 2.05) is 41.5 Å². The van der Waals surface area contributed by atoms with Gasteiger partial charge in [0, 0.05) is 132 Å². The first-order chi connectivity index (χ1) is 51.4. The molecule has 118 heavy (non-hydrogen) atoms.